The van der Waals surface area contributed by atoms with Crippen LogP contribution in [-0.2, 0) is 22.1 Å². The summed E-state index contributed by atoms with van der Waals surface area (Å²) in [4.78, 5) is 0. The van der Waals surface area contributed by atoms with Gasteiger partial charge in [-0.3, -0.25) is 0 Å². The van der Waals surface area contributed by atoms with E-state index >= 15 is 0 Å². The van der Waals surface area contributed by atoms with Gasteiger partial charge in [0.15, 0.2) is 0 Å². The Labute approximate surface area is 228 Å². The Bertz CT molecular complexity index is 452. The molecule has 1 rings (SSSR count). The molecule has 36 heavy (non-hydrogen) atoms. The molecule has 0 amide bonds. The third-order valence-electron chi connectivity index (χ3n) is 7.31. The predicted octanol–water partition coefficient (Wildman–Crippen LogP) is 9.28. The standard InChI is InChI=1S/C15H32O2Si.C14H32O3Si/c1-4-7-11-14-18(16-5-2,17-6-3)15-12-9-8-10-13-15;1-6-11-12-14(7-2)13-18(15-8-3,16-9-4)17-10-5/h15H,4-14H2,1-3H3;14H,6-13H2,1-5H3. The molecule has 218 valence electrons. The van der Waals surface area contributed by atoms with Crippen molar-refractivity contribution in [2.75, 3.05) is 33.0 Å². The van der Waals surface area contributed by atoms with Crippen LogP contribution in [0, 0.1) is 5.92 Å². The number of hydrogen-bond donors (Lipinski definition) is 0. The van der Waals surface area contributed by atoms with Gasteiger partial charge in [0.1, 0.15) is 0 Å². The Morgan fingerprint density at radius 1 is 0.611 bits per heavy atom. The molecular formula is C29H64O5Si2. The van der Waals surface area contributed by atoms with Crippen molar-refractivity contribution in [1.82, 2.24) is 0 Å². The monoisotopic (exact) mass is 548 g/mol. The van der Waals surface area contributed by atoms with Gasteiger partial charge in [-0.25, -0.2) is 0 Å². The average Bonchev–Trinajstić information content (AvgIpc) is 2.88. The van der Waals surface area contributed by atoms with Gasteiger partial charge in [0.25, 0.3) is 0 Å². The Kier molecular flexibility index (Phi) is 23.3. The highest BCUT2D eigenvalue weighted by atomic mass is 28.4. The zero-order valence-corrected chi connectivity index (χ0v) is 27.6. The summed E-state index contributed by atoms with van der Waals surface area (Å²) >= 11 is 0. The molecular weight excluding hydrogens is 484 g/mol. The van der Waals surface area contributed by atoms with Crippen LogP contribution in [0.3, 0.4) is 0 Å². The normalized spacial score (nSPS) is 16.0. The first-order valence-corrected chi connectivity index (χ1v) is 19.7. The minimum atomic E-state index is -2.43. The molecule has 0 heterocycles. The topological polar surface area (TPSA) is 46.2 Å². The first kappa shape index (κ1) is 36.2. The van der Waals surface area contributed by atoms with E-state index in [1.807, 2.05) is 20.8 Å². The largest absolute Gasteiger partial charge is 0.501 e. The molecule has 0 saturated heterocycles. The molecule has 7 heteroatoms. The SMILES string of the molecule is CCCCC(CC)C[Si](OCC)(OCC)OCC.CCCCC[Si](OCC)(OCC)C1CCCCC1. The van der Waals surface area contributed by atoms with Crippen LogP contribution in [0.15, 0.2) is 0 Å². The van der Waals surface area contributed by atoms with Crippen LogP contribution in [0.5, 0.6) is 0 Å². The second kappa shape index (κ2) is 23.1. The van der Waals surface area contributed by atoms with E-state index < -0.39 is 17.4 Å². The zero-order valence-electron chi connectivity index (χ0n) is 25.6. The van der Waals surface area contributed by atoms with E-state index in [0.29, 0.717) is 25.7 Å². The molecule has 1 aliphatic rings. The van der Waals surface area contributed by atoms with Crippen LogP contribution >= 0.6 is 0 Å². The maximum atomic E-state index is 6.27. The van der Waals surface area contributed by atoms with Gasteiger partial charge in [0.05, 0.1) is 0 Å². The van der Waals surface area contributed by atoms with E-state index in [9.17, 15) is 0 Å². The van der Waals surface area contributed by atoms with Gasteiger partial charge in [0, 0.05) is 44.6 Å². The first-order chi connectivity index (χ1) is 17.5. The van der Waals surface area contributed by atoms with E-state index in [1.165, 1.54) is 83.1 Å². The summed E-state index contributed by atoms with van der Waals surface area (Å²) in [7, 11) is -4.36. The molecule has 0 bridgehead atoms. The fourth-order valence-corrected chi connectivity index (χ4v) is 12.9. The lowest BCUT2D eigenvalue weighted by atomic mass is 10.0. The summed E-state index contributed by atoms with van der Waals surface area (Å²) in [6, 6.07) is 2.19. The van der Waals surface area contributed by atoms with Crippen LogP contribution in [0.1, 0.15) is 132 Å². The highest BCUT2D eigenvalue weighted by molar-refractivity contribution is 6.69. The average molecular weight is 549 g/mol. The maximum absolute atomic E-state index is 6.27. The molecule has 0 N–H and O–H groups in total. The smallest absolute Gasteiger partial charge is 0.394 e. The van der Waals surface area contributed by atoms with Crippen molar-refractivity contribution in [1.29, 1.82) is 0 Å². The van der Waals surface area contributed by atoms with Crippen molar-refractivity contribution in [3.05, 3.63) is 0 Å². The summed E-state index contributed by atoms with van der Waals surface area (Å²) in [5.74, 6) is 0.668. The van der Waals surface area contributed by atoms with Crippen molar-refractivity contribution in [3.63, 3.8) is 0 Å². The maximum Gasteiger partial charge on any atom is 0.501 e. The molecule has 0 aromatic heterocycles. The lowest BCUT2D eigenvalue weighted by molar-refractivity contribution is 0.0662. The summed E-state index contributed by atoms with van der Waals surface area (Å²) in [5.41, 5.74) is 0.753. The van der Waals surface area contributed by atoms with Gasteiger partial charge in [-0.2, -0.15) is 0 Å². The first-order valence-electron chi connectivity index (χ1n) is 15.7. The van der Waals surface area contributed by atoms with Gasteiger partial charge < -0.3 is 22.1 Å². The van der Waals surface area contributed by atoms with E-state index in [2.05, 4.69) is 34.6 Å². The zero-order chi connectivity index (χ0) is 27.1. The third-order valence-corrected chi connectivity index (χ3v) is 15.0. The van der Waals surface area contributed by atoms with Crippen LogP contribution in [0.4, 0.5) is 0 Å². The molecule has 0 radical (unpaired) electrons. The molecule has 5 nitrogen and oxygen atoms in total. The van der Waals surface area contributed by atoms with Crippen LogP contribution in [0.25, 0.3) is 0 Å². The van der Waals surface area contributed by atoms with E-state index in [1.54, 1.807) is 0 Å². The molecule has 0 aromatic carbocycles. The highest BCUT2D eigenvalue weighted by Gasteiger charge is 2.45. The molecule has 1 unspecified atom stereocenters. The van der Waals surface area contributed by atoms with E-state index in [4.69, 9.17) is 22.1 Å². The molecule has 1 saturated carbocycles. The molecule has 0 spiro atoms. The van der Waals surface area contributed by atoms with Crippen LogP contribution < -0.4 is 0 Å². The Balaban J connectivity index is 0.000000681. The fraction of sp³-hybridized carbons (Fsp3) is 1.00. The van der Waals surface area contributed by atoms with Gasteiger partial charge in [-0.05, 0) is 59.4 Å². The molecule has 1 fully saturated rings. The number of hydrogen-bond acceptors (Lipinski definition) is 5. The summed E-state index contributed by atoms with van der Waals surface area (Å²) in [5, 5.41) is 0. The fourth-order valence-electron chi connectivity index (χ4n) is 5.54. The molecule has 0 aromatic rings. The lowest BCUT2D eigenvalue weighted by Gasteiger charge is -2.39. The number of rotatable bonds is 21. The van der Waals surface area contributed by atoms with Gasteiger partial charge >= 0.3 is 17.4 Å². The summed E-state index contributed by atoms with van der Waals surface area (Å²) in [6.07, 6.45) is 15.7. The minimum Gasteiger partial charge on any atom is -0.394 e. The third kappa shape index (κ3) is 14.4. The number of unbranched alkanes of at least 4 members (excludes halogenated alkanes) is 3. The van der Waals surface area contributed by atoms with Gasteiger partial charge in [0.2, 0.25) is 0 Å². The van der Waals surface area contributed by atoms with Crippen molar-refractivity contribution < 1.29 is 22.1 Å². The van der Waals surface area contributed by atoms with Crippen LogP contribution in [0.2, 0.25) is 17.6 Å². The van der Waals surface area contributed by atoms with Crippen molar-refractivity contribution in [3.8, 4) is 0 Å². The van der Waals surface area contributed by atoms with E-state index in [-0.39, 0.29) is 0 Å². The molecule has 0 aliphatic heterocycles. The van der Waals surface area contributed by atoms with Crippen LogP contribution in [-0.4, -0.2) is 50.4 Å². The van der Waals surface area contributed by atoms with Crippen molar-refractivity contribution in [2.24, 2.45) is 5.92 Å². The second-order valence-electron chi connectivity index (χ2n) is 10.1. The minimum absolute atomic E-state index is 0.668. The van der Waals surface area contributed by atoms with Crippen molar-refractivity contribution >= 4 is 17.4 Å². The Morgan fingerprint density at radius 3 is 1.53 bits per heavy atom. The predicted molar refractivity (Wildman–Crippen MR) is 159 cm³/mol. The van der Waals surface area contributed by atoms with E-state index in [0.717, 1.165) is 24.8 Å². The Hall–Kier alpha value is 0.234. The van der Waals surface area contributed by atoms with Gasteiger partial charge in [-0.15, -0.1) is 0 Å². The second-order valence-corrected chi connectivity index (χ2v) is 16.2. The highest BCUT2D eigenvalue weighted by Crippen LogP contribution is 2.41. The van der Waals surface area contributed by atoms with Crippen molar-refractivity contribution in [2.45, 2.75) is 150 Å². The summed E-state index contributed by atoms with van der Waals surface area (Å²) < 4.78 is 30.3. The summed E-state index contributed by atoms with van der Waals surface area (Å²) in [6.45, 7) is 20.8. The molecule has 1 atom stereocenters. The quantitative estimate of drug-likeness (QED) is 0.106. The molecule has 1 aliphatic carbocycles. The lowest BCUT2D eigenvalue weighted by Crippen LogP contribution is -2.47. The Morgan fingerprint density at radius 2 is 1.11 bits per heavy atom. The van der Waals surface area contributed by atoms with Gasteiger partial charge in [-0.1, -0.05) is 85.0 Å².